The lowest BCUT2D eigenvalue weighted by atomic mass is 10.1. The Balaban J connectivity index is 5.18. The van der Waals surface area contributed by atoms with E-state index in [4.69, 9.17) is 13.8 Å². The monoisotopic (exact) mass is 1040 g/mol. The van der Waals surface area contributed by atoms with E-state index in [1.807, 2.05) is 33.3 Å². The van der Waals surface area contributed by atoms with Gasteiger partial charge in [0, 0.05) is 12.8 Å². The molecule has 1 N–H and O–H groups in total. The first-order valence-corrected chi connectivity index (χ1v) is 31.0. The van der Waals surface area contributed by atoms with E-state index in [1.165, 1.54) is 57.8 Å². The number of phosphoric ester groups is 1. The van der Waals surface area contributed by atoms with Gasteiger partial charge in [-0.1, -0.05) is 221 Å². The third-order valence-corrected chi connectivity index (χ3v) is 13.5. The average Bonchev–Trinajstić information content (AvgIpc) is 3.35. The molecule has 0 aliphatic carbocycles. The second-order valence-electron chi connectivity index (χ2n) is 20.8. The maximum atomic E-state index is 13.5. The lowest BCUT2D eigenvalue weighted by molar-refractivity contribution is -0.870. The molecule has 0 aromatic heterocycles. The first kappa shape index (κ1) is 69.9. The van der Waals surface area contributed by atoms with E-state index in [2.05, 4.69) is 111 Å². The Morgan fingerprint density at radius 1 is 0.493 bits per heavy atom. The molecule has 3 unspecified atom stereocenters. The maximum absolute atomic E-state index is 13.5. The first-order valence-electron chi connectivity index (χ1n) is 29.5. The second kappa shape index (κ2) is 52.4. The van der Waals surface area contributed by atoms with Crippen LogP contribution in [0.15, 0.2) is 97.2 Å². The van der Waals surface area contributed by atoms with Gasteiger partial charge in [0.2, 0.25) is 5.91 Å². The van der Waals surface area contributed by atoms with Crippen LogP contribution in [0.25, 0.3) is 0 Å². The Morgan fingerprint density at radius 2 is 0.890 bits per heavy atom. The molecule has 0 saturated heterocycles. The van der Waals surface area contributed by atoms with Crippen LogP contribution in [0.1, 0.15) is 239 Å². The van der Waals surface area contributed by atoms with Crippen LogP contribution in [0, 0.1) is 0 Å². The Kier molecular flexibility index (Phi) is 50.2. The minimum Gasteiger partial charge on any atom is -0.756 e. The molecule has 1 amide bonds. The molecular weight excluding hydrogens is 928 g/mol. The molecule has 0 heterocycles. The van der Waals surface area contributed by atoms with Gasteiger partial charge in [-0.05, 0) is 102 Å². The molecule has 73 heavy (non-hydrogen) atoms. The van der Waals surface area contributed by atoms with Crippen LogP contribution in [0.5, 0.6) is 0 Å². The van der Waals surface area contributed by atoms with Gasteiger partial charge in [0.05, 0.1) is 33.8 Å². The zero-order chi connectivity index (χ0) is 53.6. The fourth-order valence-electron chi connectivity index (χ4n) is 7.92. The third kappa shape index (κ3) is 53.6. The standard InChI is InChI=1S/C63H111N2O7P/c1-7-10-13-16-19-22-25-26-27-28-29-30-31-32-33-34-35-36-37-38-41-43-46-49-52-55-62(66)64-60(59-71-73(68,69)70-58-57-65(4,5)6)61(54-51-48-45-42-39-23-20-17-14-11-8-2)72-63(67)56-53-50-47-44-40-24-21-18-15-12-9-3/h10,13,18-19,21-22,26-27,29-30,32-33,35-36,51,54,60-61H,7-9,11-12,14-17,20,23-25,28,31,34,37-50,52-53,55-59H2,1-6H3,(H-,64,66,68,69)/b13-10-,21-18-,22-19-,27-26-,30-29-,33-32-,36-35-,54-51-. The summed E-state index contributed by atoms with van der Waals surface area (Å²) in [6.45, 7) is 6.65. The number of allylic oxidation sites excluding steroid dienone is 15. The summed E-state index contributed by atoms with van der Waals surface area (Å²) in [6, 6.07) is -0.903. The highest BCUT2D eigenvalue weighted by molar-refractivity contribution is 7.45. The highest BCUT2D eigenvalue weighted by Gasteiger charge is 2.27. The van der Waals surface area contributed by atoms with E-state index in [0.29, 0.717) is 23.9 Å². The predicted octanol–water partition coefficient (Wildman–Crippen LogP) is 17.4. The number of esters is 1. The fourth-order valence-corrected chi connectivity index (χ4v) is 8.64. The lowest BCUT2D eigenvalue weighted by Gasteiger charge is -2.30. The Bertz CT molecular complexity index is 1570. The number of rotatable bonds is 52. The number of unbranched alkanes of at least 4 members (excludes halogenated alkanes) is 22. The van der Waals surface area contributed by atoms with E-state index in [0.717, 1.165) is 141 Å². The molecule has 0 fully saturated rings. The molecule has 0 rings (SSSR count). The zero-order valence-corrected chi connectivity index (χ0v) is 48.7. The number of nitrogens with one attached hydrogen (secondary N) is 1. The third-order valence-electron chi connectivity index (χ3n) is 12.5. The van der Waals surface area contributed by atoms with E-state index in [9.17, 15) is 19.0 Å². The normalized spacial score (nSPS) is 14.5. The first-order chi connectivity index (χ1) is 35.4. The molecular formula is C63H111N2O7P. The number of hydrogen-bond acceptors (Lipinski definition) is 7. The number of nitrogens with zero attached hydrogens (tertiary/aromatic N) is 1. The van der Waals surface area contributed by atoms with Crippen molar-refractivity contribution in [3.63, 3.8) is 0 Å². The number of carbonyl (C=O) groups excluding carboxylic acids is 2. The summed E-state index contributed by atoms with van der Waals surface area (Å²) in [4.78, 5) is 39.8. The minimum atomic E-state index is -4.70. The molecule has 0 aliphatic rings. The van der Waals surface area contributed by atoms with Gasteiger partial charge in [0.15, 0.2) is 0 Å². The number of amides is 1. The maximum Gasteiger partial charge on any atom is 0.306 e. The highest BCUT2D eigenvalue weighted by atomic mass is 31.2. The number of ether oxygens (including phenoxy) is 1. The van der Waals surface area contributed by atoms with Gasteiger partial charge in [0.25, 0.3) is 7.82 Å². The number of hydrogen-bond donors (Lipinski definition) is 1. The Morgan fingerprint density at radius 3 is 1.37 bits per heavy atom. The van der Waals surface area contributed by atoms with Gasteiger partial charge in [-0.2, -0.15) is 0 Å². The molecule has 0 bridgehead atoms. The molecule has 420 valence electrons. The number of carbonyl (C=O) groups is 2. The van der Waals surface area contributed by atoms with Crippen LogP contribution in [-0.4, -0.2) is 69.4 Å². The Labute approximate surface area is 449 Å². The van der Waals surface area contributed by atoms with Crippen LogP contribution in [0.4, 0.5) is 0 Å². The van der Waals surface area contributed by atoms with Crippen LogP contribution >= 0.6 is 7.82 Å². The molecule has 9 nitrogen and oxygen atoms in total. The van der Waals surface area contributed by atoms with Crippen molar-refractivity contribution >= 4 is 19.7 Å². The van der Waals surface area contributed by atoms with Crippen LogP contribution in [-0.2, 0) is 27.9 Å². The Hall–Kier alpha value is -3.07. The van der Waals surface area contributed by atoms with Crippen molar-refractivity contribution in [3.05, 3.63) is 97.2 Å². The topological polar surface area (TPSA) is 114 Å². The van der Waals surface area contributed by atoms with E-state index in [-0.39, 0.29) is 24.9 Å². The summed E-state index contributed by atoms with van der Waals surface area (Å²) in [7, 11) is 1.16. The van der Waals surface area contributed by atoms with Gasteiger partial charge in [-0.15, -0.1) is 0 Å². The summed E-state index contributed by atoms with van der Waals surface area (Å²) >= 11 is 0. The largest absolute Gasteiger partial charge is 0.756 e. The zero-order valence-electron chi connectivity index (χ0n) is 47.8. The molecule has 0 aliphatic heterocycles. The average molecular weight is 1040 g/mol. The molecule has 0 spiro atoms. The molecule has 0 radical (unpaired) electrons. The summed E-state index contributed by atoms with van der Waals surface area (Å²) in [5.41, 5.74) is 0. The number of quaternary nitrogens is 1. The predicted molar refractivity (Wildman–Crippen MR) is 311 cm³/mol. The van der Waals surface area contributed by atoms with Crippen molar-refractivity contribution in [2.45, 2.75) is 251 Å². The molecule has 10 heteroatoms. The van der Waals surface area contributed by atoms with Crippen molar-refractivity contribution < 1.29 is 37.3 Å². The van der Waals surface area contributed by atoms with Gasteiger partial charge in [-0.3, -0.25) is 14.2 Å². The fraction of sp³-hybridized carbons (Fsp3) is 0.714. The van der Waals surface area contributed by atoms with Gasteiger partial charge in [0.1, 0.15) is 19.3 Å². The smallest absolute Gasteiger partial charge is 0.306 e. The summed E-state index contributed by atoms with van der Waals surface area (Å²) in [5, 5.41) is 3.01. The van der Waals surface area contributed by atoms with E-state index >= 15 is 0 Å². The van der Waals surface area contributed by atoms with Crippen molar-refractivity contribution in [2.24, 2.45) is 0 Å². The number of phosphoric acid groups is 1. The summed E-state index contributed by atoms with van der Waals surface area (Å²) in [5.74, 6) is -0.576. The van der Waals surface area contributed by atoms with Crippen molar-refractivity contribution in [3.8, 4) is 0 Å². The number of likely N-dealkylation sites (N-methyl/N-ethyl adjacent to an activating group) is 1. The second-order valence-corrected chi connectivity index (χ2v) is 22.2. The van der Waals surface area contributed by atoms with Crippen molar-refractivity contribution in [2.75, 3.05) is 40.9 Å². The molecule has 3 atom stereocenters. The molecule has 0 aromatic carbocycles. The minimum absolute atomic E-state index is 0.0312. The molecule has 0 aromatic rings. The van der Waals surface area contributed by atoms with Crippen molar-refractivity contribution in [1.29, 1.82) is 0 Å². The van der Waals surface area contributed by atoms with Crippen LogP contribution in [0.2, 0.25) is 0 Å². The van der Waals surface area contributed by atoms with E-state index in [1.54, 1.807) is 0 Å². The van der Waals surface area contributed by atoms with E-state index < -0.39 is 26.6 Å². The van der Waals surface area contributed by atoms with Crippen LogP contribution < -0.4 is 10.2 Å². The summed E-state index contributed by atoms with van der Waals surface area (Å²) < 4.78 is 30.2. The highest BCUT2D eigenvalue weighted by Crippen LogP contribution is 2.38. The SMILES string of the molecule is CC/C=C\C/C=C\C/C=C\C/C=C\C/C=C\C/C=C\CCCCCCCCC(=O)NC(COP(=O)([O-])OCC[N+](C)(C)C)C(/C=C\CCCCCCCCCCC)OC(=O)CCCCCCC/C=C\CCCC. The quantitative estimate of drug-likeness (QED) is 0.0212. The summed E-state index contributed by atoms with van der Waals surface area (Å²) in [6.07, 6.45) is 69.5. The molecule has 0 saturated carbocycles. The van der Waals surface area contributed by atoms with Gasteiger partial charge >= 0.3 is 5.97 Å². The van der Waals surface area contributed by atoms with Gasteiger partial charge < -0.3 is 28.5 Å². The lowest BCUT2D eigenvalue weighted by Crippen LogP contribution is -2.47. The van der Waals surface area contributed by atoms with Crippen LogP contribution in [0.3, 0.4) is 0 Å². The van der Waals surface area contributed by atoms with Crippen molar-refractivity contribution in [1.82, 2.24) is 5.32 Å². The van der Waals surface area contributed by atoms with Gasteiger partial charge in [-0.25, -0.2) is 0 Å².